The van der Waals surface area contributed by atoms with Gasteiger partial charge in [0, 0.05) is 19.1 Å². The Bertz CT molecular complexity index is 708. The number of nitrogens with one attached hydrogen (secondary N) is 1. The number of nitrogens with zero attached hydrogens (tertiary/aromatic N) is 1. The van der Waals surface area contributed by atoms with Crippen LogP contribution in [0.25, 0.3) is 0 Å². The fourth-order valence-electron chi connectivity index (χ4n) is 2.96. The standard InChI is InChI=1S/C21H26N2O2/c1-16-5-3-4-6-18(16)13-22-21(24)15-23(19-9-10-19)14-17-7-11-20(25-2)12-8-17/h3-8,11-12,19H,9-10,13-15H2,1-2H3,(H,22,24). The van der Waals surface area contributed by atoms with E-state index in [1.54, 1.807) is 7.11 Å². The van der Waals surface area contributed by atoms with Crippen LogP contribution >= 0.6 is 0 Å². The first-order valence-corrected chi connectivity index (χ1v) is 8.84. The van der Waals surface area contributed by atoms with Crippen LogP contribution in [0.1, 0.15) is 29.5 Å². The molecule has 0 unspecified atom stereocenters. The number of aryl methyl sites for hydroxylation is 1. The first-order valence-electron chi connectivity index (χ1n) is 8.84. The number of hydrogen-bond donors (Lipinski definition) is 1. The lowest BCUT2D eigenvalue weighted by atomic mass is 10.1. The SMILES string of the molecule is COc1ccc(CN(CC(=O)NCc2ccccc2C)C2CC2)cc1. The van der Waals surface area contributed by atoms with Gasteiger partial charge in [-0.05, 0) is 48.6 Å². The summed E-state index contributed by atoms with van der Waals surface area (Å²) >= 11 is 0. The summed E-state index contributed by atoms with van der Waals surface area (Å²) in [6.07, 6.45) is 2.36. The van der Waals surface area contributed by atoms with Crippen LogP contribution in [0, 0.1) is 6.92 Å². The molecule has 1 aliphatic rings. The van der Waals surface area contributed by atoms with E-state index in [9.17, 15) is 4.79 Å². The Morgan fingerprint density at radius 1 is 1.16 bits per heavy atom. The van der Waals surface area contributed by atoms with Crippen molar-refractivity contribution in [2.24, 2.45) is 0 Å². The van der Waals surface area contributed by atoms with Gasteiger partial charge in [0.05, 0.1) is 13.7 Å². The first-order chi connectivity index (χ1) is 12.2. The number of rotatable bonds is 8. The molecule has 0 bridgehead atoms. The Morgan fingerprint density at radius 3 is 2.52 bits per heavy atom. The quantitative estimate of drug-likeness (QED) is 0.803. The van der Waals surface area contributed by atoms with Crippen molar-refractivity contribution in [1.29, 1.82) is 0 Å². The molecule has 0 aliphatic heterocycles. The third kappa shape index (κ3) is 5.07. The minimum atomic E-state index is 0.0867. The summed E-state index contributed by atoms with van der Waals surface area (Å²) in [5.41, 5.74) is 3.59. The lowest BCUT2D eigenvalue weighted by Crippen LogP contribution is -2.37. The average Bonchev–Trinajstić information content (AvgIpc) is 3.46. The van der Waals surface area contributed by atoms with Gasteiger partial charge in [-0.3, -0.25) is 9.69 Å². The minimum Gasteiger partial charge on any atom is -0.497 e. The highest BCUT2D eigenvalue weighted by molar-refractivity contribution is 5.78. The maximum absolute atomic E-state index is 12.4. The van der Waals surface area contributed by atoms with Crippen molar-refractivity contribution in [3.8, 4) is 5.75 Å². The third-order valence-corrected chi connectivity index (χ3v) is 4.69. The molecule has 1 amide bonds. The highest BCUT2D eigenvalue weighted by Gasteiger charge is 2.30. The van der Waals surface area contributed by atoms with Crippen LogP contribution < -0.4 is 10.1 Å². The fourth-order valence-corrected chi connectivity index (χ4v) is 2.96. The van der Waals surface area contributed by atoms with Crippen LogP contribution in [0.3, 0.4) is 0 Å². The highest BCUT2D eigenvalue weighted by atomic mass is 16.5. The Kier molecular flexibility index (Phi) is 5.71. The van der Waals surface area contributed by atoms with Crippen LogP contribution in [-0.2, 0) is 17.9 Å². The van der Waals surface area contributed by atoms with E-state index in [0.29, 0.717) is 19.1 Å². The molecule has 1 fully saturated rings. The van der Waals surface area contributed by atoms with Gasteiger partial charge in [0.2, 0.25) is 5.91 Å². The minimum absolute atomic E-state index is 0.0867. The summed E-state index contributed by atoms with van der Waals surface area (Å²) < 4.78 is 5.20. The zero-order chi connectivity index (χ0) is 17.6. The van der Waals surface area contributed by atoms with Gasteiger partial charge in [0.15, 0.2) is 0 Å². The summed E-state index contributed by atoms with van der Waals surface area (Å²) in [7, 11) is 1.67. The number of ether oxygens (including phenoxy) is 1. The second kappa shape index (κ2) is 8.17. The smallest absolute Gasteiger partial charge is 0.234 e. The number of carbonyl (C=O) groups is 1. The number of methoxy groups -OCH3 is 1. The Morgan fingerprint density at radius 2 is 1.88 bits per heavy atom. The van der Waals surface area contributed by atoms with E-state index in [-0.39, 0.29) is 5.91 Å². The van der Waals surface area contributed by atoms with Gasteiger partial charge in [-0.25, -0.2) is 0 Å². The van der Waals surface area contributed by atoms with E-state index in [1.807, 2.05) is 24.3 Å². The zero-order valence-electron chi connectivity index (χ0n) is 15.0. The molecular formula is C21H26N2O2. The van der Waals surface area contributed by atoms with Gasteiger partial charge in [-0.15, -0.1) is 0 Å². The van der Waals surface area contributed by atoms with Crippen molar-refractivity contribution in [3.63, 3.8) is 0 Å². The van der Waals surface area contributed by atoms with Gasteiger partial charge < -0.3 is 10.1 Å². The van der Waals surface area contributed by atoms with Crippen molar-refractivity contribution >= 4 is 5.91 Å². The van der Waals surface area contributed by atoms with E-state index < -0.39 is 0 Å². The molecule has 4 heteroatoms. The fraction of sp³-hybridized carbons (Fsp3) is 0.381. The lowest BCUT2D eigenvalue weighted by Gasteiger charge is -2.21. The van der Waals surface area contributed by atoms with Crippen LogP contribution in [-0.4, -0.2) is 30.5 Å². The Hall–Kier alpha value is -2.33. The molecule has 1 N–H and O–H groups in total. The number of benzene rings is 2. The van der Waals surface area contributed by atoms with Crippen LogP contribution in [0.2, 0.25) is 0 Å². The van der Waals surface area contributed by atoms with E-state index in [2.05, 4.69) is 41.4 Å². The lowest BCUT2D eigenvalue weighted by molar-refractivity contribution is -0.122. The van der Waals surface area contributed by atoms with Crippen LogP contribution in [0.4, 0.5) is 0 Å². The molecular weight excluding hydrogens is 312 g/mol. The second-order valence-electron chi connectivity index (χ2n) is 6.69. The molecule has 0 atom stereocenters. The van der Waals surface area contributed by atoms with Crippen molar-refractivity contribution < 1.29 is 9.53 Å². The molecule has 132 valence electrons. The molecule has 1 saturated carbocycles. The topological polar surface area (TPSA) is 41.6 Å². The molecule has 0 saturated heterocycles. The molecule has 0 radical (unpaired) electrons. The number of carbonyl (C=O) groups excluding carboxylic acids is 1. The van der Waals surface area contributed by atoms with Crippen LogP contribution in [0.5, 0.6) is 5.75 Å². The summed E-state index contributed by atoms with van der Waals surface area (Å²) in [4.78, 5) is 14.7. The molecule has 2 aromatic rings. The summed E-state index contributed by atoms with van der Waals surface area (Å²) in [6, 6.07) is 16.8. The second-order valence-corrected chi connectivity index (χ2v) is 6.69. The molecule has 0 aromatic heterocycles. The Labute approximate surface area is 149 Å². The largest absolute Gasteiger partial charge is 0.497 e. The molecule has 4 nitrogen and oxygen atoms in total. The predicted octanol–water partition coefficient (Wildman–Crippen LogP) is 3.28. The van der Waals surface area contributed by atoms with E-state index >= 15 is 0 Å². The maximum Gasteiger partial charge on any atom is 0.234 e. The normalized spacial score (nSPS) is 13.7. The van der Waals surface area contributed by atoms with Gasteiger partial charge >= 0.3 is 0 Å². The maximum atomic E-state index is 12.4. The molecule has 25 heavy (non-hydrogen) atoms. The zero-order valence-corrected chi connectivity index (χ0v) is 15.0. The number of amides is 1. The summed E-state index contributed by atoms with van der Waals surface area (Å²) in [6.45, 7) is 3.91. The molecule has 1 aliphatic carbocycles. The van der Waals surface area contributed by atoms with Gasteiger partial charge in [0.1, 0.15) is 5.75 Å². The predicted molar refractivity (Wildman–Crippen MR) is 99.5 cm³/mol. The summed E-state index contributed by atoms with van der Waals surface area (Å²) in [5, 5.41) is 3.06. The van der Waals surface area contributed by atoms with Crippen molar-refractivity contribution in [2.45, 2.75) is 38.9 Å². The molecule has 3 rings (SSSR count). The molecule has 0 spiro atoms. The van der Waals surface area contributed by atoms with Crippen molar-refractivity contribution in [2.75, 3.05) is 13.7 Å². The van der Waals surface area contributed by atoms with E-state index in [0.717, 1.165) is 12.3 Å². The monoisotopic (exact) mass is 338 g/mol. The van der Waals surface area contributed by atoms with E-state index in [1.165, 1.54) is 29.5 Å². The van der Waals surface area contributed by atoms with Crippen LogP contribution in [0.15, 0.2) is 48.5 Å². The van der Waals surface area contributed by atoms with Crippen molar-refractivity contribution in [3.05, 3.63) is 65.2 Å². The van der Waals surface area contributed by atoms with E-state index in [4.69, 9.17) is 4.74 Å². The van der Waals surface area contributed by atoms with Crippen molar-refractivity contribution in [1.82, 2.24) is 10.2 Å². The molecule has 2 aromatic carbocycles. The van der Waals surface area contributed by atoms with Gasteiger partial charge in [-0.2, -0.15) is 0 Å². The van der Waals surface area contributed by atoms with Gasteiger partial charge in [0.25, 0.3) is 0 Å². The molecule has 0 heterocycles. The average molecular weight is 338 g/mol. The Balaban J connectivity index is 1.54. The number of hydrogen-bond acceptors (Lipinski definition) is 3. The first kappa shape index (κ1) is 17.5. The third-order valence-electron chi connectivity index (χ3n) is 4.69. The highest BCUT2D eigenvalue weighted by Crippen LogP contribution is 2.28. The van der Waals surface area contributed by atoms with Gasteiger partial charge in [-0.1, -0.05) is 36.4 Å². The summed E-state index contributed by atoms with van der Waals surface area (Å²) in [5.74, 6) is 0.946.